The second kappa shape index (κ2) is 8.19. The molecule has 2 aromatic rings. The number of amides is 1. The average Bonchev–Trinajstić information content (AvgIpc) is 2.83. The number of rotatable bonds is 5. The van der Waals surface area contributed by atoms with E-state index in [1.54, 1.807) is 0 Å². The van der Waals surface area contributed by atoms with Crippen molar-refractivity contribution in [2.75, 3.05) is 12.3 Å². The first-order valence-corrected chi connectivity index (χ1v) is 7.64. The van der Waals surface area contributed by atoms with Crippen LogP contribution >= 0.6 is 28.3 Å². The van der Waals surface area contributed by atoms with E-state index in [9.17, 15) is 4.79 Å². The summed E-state index contributed by atoms with van der Waals surface area (Å²) in [5.41, 5.74) is 8.84. The number of nitrogens with zero attached hydrogens (tertiary/aromatic N) is 1. The highest BCUT2D eigenvalue weighted by atomic mass is 79.9. The lowest BCUT2D eigenvalue weighted by molar-refractivity contribution is 0.0948. The molecule has 0 unspecified atom stereocenters. The van der Waals surface area contributed by atoms with Crippen LogP contribution in [0.25, 0.3) is 0 Å². The van der Waals surface area contributed by atoms with Crippen molar-refractivity contribution in [3.05, 3.63) is 45.7 Å². The van der Waals surface area contributed by atoms with Crippen LogP contribution in [-0.4, -0.2) is 22.6 Å². The second-order valence-corrected chi connectivity index (χ2v) is 6.00. The number of benzene rings is 1. The Hall–Kier alpha value is -1.53. The lowest BCUT2D eigenvalue weighted by atomic mass is 10.1. The molecule has 5 nitrogen and oxygen atoms in total. The van der Waals surface area contributed by atoms with Gasteiger partial charge in [0, 0.05) is 12.2 Å². The monoisotopic (exact) mass is 386 g/mol. The first-order chi connectivity index (χ1) is 9.99. The number of aromatic nitrogens is 2. The number of hydrogen-bond acceptors (Lipinski definition) is 3. The summed E-state index contributed by atoms with van der Waals surface area (Å²) in [4.78, 5) is 12.1. The maximum atomic E-state index is 12.1. The quantitative estimate of drug-likeness (QED) is 0.688. The van der Waals surface area contributed by atoms with Crippen molar-refractivity contribution in [3.63, 3.8) is 0 Å². The van der Waals surface area contributed by atoms with E-state index in [4.69, 9.17) is 5.73 Å². The van der Waals surface area contributed by atoms with E-state index in [0.29, 0.717) is 12.2 Å². The highest BCUT2D eigenvalue weighted by molar-refractivity contribution is 9.10. The van der Waals surface area contributed by atoms with Crippen molar-refractivity contribution < 1.29 is 4.79 Å². The third kappa shape index (κ3) is 4.48. The lowest BCUT2D eigenvalue weighted by Gasteiger charge is -2.05. The first-order valence-electron chi connectivity index (χ1n) is 6.85. The van der Waals surface area contributed by atoms with Gasteiger partial charge in [-0.2, -0.15) is 5.10 Å². The van der Waals surface area contributed by atoms with Gasteiger partial charge in [0.25, 0.3) is 5.91 Å². The van der Waals surface area contributed by atoms with Crippen LogP contribution in [0.5, 0.6) is 0 Å². The second-order valence-electron chi connectivity index (χ2n) is 5.20. The van der Waals surface area contributed by atoms with Gasteiger partial charge in [0.1, 0.15) is 0 Å². The molecule has 4 N–H and O–H groups in total. The third-order valence-electron chi connectivity index (χ3n) is 3.20. The van der Waals surface area contributed by atoms with Gasteiger partial charge in [0.2, 0.25) is 0 Å². The molecule has 0 spiro atoms. The Morgan fingerprint density at radius 1 is 1.36 bits per heavy atom. The van der Waals surface area contributed by atoms with Gasteiger partial charge in [-0.25, -0.2) is 0 Å². The predicted octanol–water partition coefficient (Wildman–Crippen LogP) is 3.27. The van der Waals surface area contributed by atoms with E-state index >= 15 is 0 Å². The van der Waals surface area contributed by atoms with Crippen molar-refractivity contribution >= 4 is 39.9 Å². The van der Waals surface area contributed by atoms with E-state index in [1.807, 2.05) is 38.1 Å². The molecule has 120 valence electrons. The van der Waals surface area contributed by atoms with Crippen LogP contribution in [0.3, 0.4) is 0 Å². The van der Waals surface area contributed by atoms with Gasteiger partial charge in [-0.15, -0.1) is 12.4 Å². The van der Waals surface area contributed by atoms with Gasteiger partial charge in [-0.3, -0.25) is 9.89 Å². The minimum absolute atomic E-state index is 0. The van der Waals surface area contributed by atoms with E-state index in [2.05, 4.69) is 31.4 Å². The normalized spacial score (nSPS) is 10.4. The number of nitrogens with two attached hydrogens (primary N) is 1. The van der Waals surface area contributed by atoms with Crippen LogP contribution in [0.15, 0.2) is 28.7 Å². The highest BCUT2D eigenvalue weighted by Crippen LogP contribution is 2.25. The fraction of sp³-hybridized carbons (Fsp3) is 0.333. The van der Waals surface area contributed by atoms with Gasteiger partial charge in [-0.1, -0.05) is 26.0 Å². The van der Waals surface area contributed by atoms with Gasteiger partial charge in [0.05, 0.1) is 10.2 Å². The SMILES string of the molecule is CC(C)c1[nH]nc(C(=O)NCCc2ccc(N)cc2)c1Br.Cl. The fourth-order valence-corrected chi connectivity index (χ4v) is 2.78. The van der Waals surface area contributed by atoms with Gasteiger partial charge in [0.15, 0.2) is 5.69 Å². The molecule has 1 heterocycles. The third-order valence-corrected chi connectivity index (χ3v) is 4.01. The summed E-state index contributed by atoms with van der Waals surface area (Å²) in [5.74, 6) is 0.101. The number of nitrogens with one attached hydrogen (secondary N) is 2. The lowest BCUT2D eigenvalue weighted by Crippen LogP contribution is -2.26. The van der Waals surface area contributed by atoms with Gasteiger partial charge < -0.3 is 11.1 Å². The van der Waals surface area contributed by atoms with Crippen LogP contribution in [-0.2, 0) is 6.42 Å². The van der Waals surface area contributed by atoms with E-state index in [-0.39, 0.29) is 24.2 Å². The van der Waals surface area contributed by atoms with Crippen LogP contribution in [0.4, 0.5) is 5.69 Å². The molecule has 0 atom stereocenters. The Morgan fingerprint density at radius 3 is 2.55 bits per heavy atom. The molecule has 7 heteroatoms. The summed E-state index contributed by atoms with van der Waals surface area (Å²) in [6, 6.07) is 7.64. The Kier molecular flexibility index (Phi) is 6.90. The minimum Gasteiger partial charge on any atom is -0.399 e. The number of carbonyl (C=O) groups is 1. The number of halogens is 2. The Balaban J connectivity index is 0.00000242. The summed E-state index contributed by atoms with van der Waals surface area (Å²) >= 11 is 3.43. The maximum absolute atomic E-state index is 12.1. The predicted molar refractivity (Wildman–Crippen MR) is 94.5 cm³/mol. The molecule has 0 saturated heterocycles. The molecule has 0 aliphatic heterocycles. The van der Waals surface area contributed by atoms with Crippen LogP contribution < -0.4 is 11.1 Å². The highest BCUT2D eigenvalue weighted by Gasteiger charge is 2.18. The largest absolute Gasteiger partial charge is 0.399 e. The Labute approximate surface area is 144 Å². The summed E-state index contributed by atoms with van der Waals surface area (Å²) < 4.78 is 0.738. The molecule has 2 rings (SSSR count). The topological polar surface area (TPSA) is 83.8 Å². The van der Waals surface area contributed by atoms with E-state index < -0.39 is 0 Å². The molecule has 22 heavy (non-hydrogen) atoms. The van der Waals surface area contributed by atoms with Crippen molar-refractivity contribution in [2.24, 2.45) is 0 Å². The standard InChI is InChI=1S/C15H19BrN4O.ClH/c1-9(2)13-12(16)14(20-19-13)15(21)18-8-7-10-3-5-11(17)6-4-10;/h3-6,9H,7-8,17H2,1-2H3,(H,18,21)(H,19,20);1H. The van der Waals surface area contributed by atoms with Crippen LogP contribution in [0, 0.1) is 0 Å². The molecule has 0 fully saturated rings. The maximum Gasteiger partial charge on any atom is 0.272 e. The van der Waals surface area contributed by atoms with Crippen LogP contribution in [0.2, 0.25) is 0 Å². The molecular formula is C15H20BrClN4O. The van der Waals surface area contributed by atoms with Crippen molar-refractivity contribution in [1.29, 1.82) is 0 Å². The van der Waals surface area contributed by atoms with E-state index in [1.165, 1.54) is 0 Å². The fourth-order valence-electron chi connectivity index (χ4n) is 1.96. The zero-order valence-electron chi connectivity index (χ0n) is 12.5. The summed E-state index contributed by atoms with van der Waals surface area (Å²) in [5, 5.41) is 9.84. The number of aromatic amines is 1. The number of anilines is 1. The van der Waals surface area contributed by atoms with Crippen molar-refractivity contribution in [3.8, 4) is 0 Å². The zero-order chi connectivity index (χ0) is 15.4. The van der Waals surface area contributed by atoms with Gasteiger partial charge >= 0.3 is 0 Å². The molecule has 1 aromatic heterocycles. The number of H-pyrrole nitrogens is 1. The smallest absolute Gasteiger partial charge is 0.272 e. The summed E-state index contributed by atoms with van der Waals surface area (Å²) in [6.45, 7) is 4.64. The molecule has 0 radical (unpaired) electrons. The number of carbonyl (C=O) groups excluding carboxylic acids is 1. The number of hydrogen-bond donors (Lipinski definition) is 3. The summed E-state index contributed by atoms with van der Waals surface area (Å²) in [7, 11) is 0. The van der Waals surface area contributed by atoms with E-state index in [0.717, 1.165) is 27.8 Å². The first kappa shape index (κ1) is 18.5. The molecule has 0 saturated carbocycles. The molecule has 0 aliphatic carbocycles. The Bertz CT molecular complexity index is 625. The van der Waals surface area contributed by atoms with Crippen molar-refractivity contribution in [2.45, 2.75) is 26.2 Å². The average molecular weight is 388 g/mol. The van der Waals surface area contributed by atoms with Gasteiger partial charge in [-0.05, 0) is 46.0 Å². The summed E-state index contributed by atoms with van der Waals surface area (Å²) in [6.07, 6.45) is 0.755. The zero-order valence-corrected chi connectivity index (χ0v) is 14.9. The minimum atomic E-state index is -0.180. The molecular weight excluding hydrogens is 368 g/mol. The molecule has 1 amide bonds. The van der Waals surface area contributed by atoms with Crippen LogP contribution in [0.1, 0.15) is 41.5 Å². The van der Waals surface area contributed by atoms with Crippen molar-refractivity contribution in [1.82, 2.24) is 15.5 Å². The number of nitrogen functional groups attached to an aromatic ring is 1. The molecule has 0 bridgehead atoms. The molecule has 0 aliphatic rings. The Morgan fingerprint density at radius 2 is 2.00 bits per heavy atom. The molecule has 1 aromatic carbocycles.